The quantitative estimate of drug-likeness (QED) is 0.915. The van der Waals surface area contributed by atoms with Crippen LogP contribution >= 0.6 is 12.4 Å². The van der Waals surface area contributed by atoms with Crippen molar-refractivity contribution in [3.63, 3.8) is 0 Å². The molecule has 1 heterocycles. The second-order valence-corrected chi connectivity index (χ2v) is 4.80. The molecule has 2 rings (SSSR count). The van der Waals surface area contributed by atoms with Gasteiger partial charge in [0.15, 0.2) is 5.69 Å². The van der Waals surface area contributed by atoms with Crippen molar-refractivity contribution in [2.75, 3.05) is 13.1 Å². The largest absolute Gasteiger partial charge is 0.332 e. The standard InChI is InChI=1S/C15H20N4O.ClH/c1-12-10-14(17-18(12)2)15(20)19(9-8-16)11-13-6-4-3-5-7-13;/h3-7,10H,8-9,11,16H2,1-2H3;1H. The van der Waals surface area contributed by atoms with Gasteiger partial charge in [-0.15, -0.1) is 12.4 Å². The molecule has 0 aliphatic heterocycles. The lowest BCUT2D eigenvalue weighted by Crippen LogP contribution is -2.35. The number of carbonyl (C=O) groups is 1. The maximum Gasteiger partial charge on any atom is 0.274 e. The number of carbonyl (C=O) groups excluding carboxylic acids is 1. The molecule has 5 nitrogen and oxygen atoms in total. The summed E-state index contributed by atoms with van der Waals surface area (Å²) in [6.07, 6.45) is 0. The van der Waals surface area contributed by atoms with Crippen LogP contribution in [0.25, 0.3) is 0 Å². The van der Waals surface area contributed by atoms with Crippen LogP contribution in [0.15, 0.2) is 36.4 Å². The Morgan fingerprint density at radius 2 is 2.00 bits per heavy atom. The monoisotopic (exact) mass is 308 g/mol. The molecule has 114 valence electrons. The minimum Gasteiger partial charge on any atom is -0.332 e. The Bertz CT molecular complexity index is 563. The van der Waals surface area contributed by atoms with Crippen LogP contribution in [0.2, 0.25) is 0 Å². The van der Waals surface area contributed by atoms with E-state index >= 15 is 0 Å². The zero-order valence-corrected chi connectivity index (χ0v) is 13.1. The molecule has 0 unspecified atom stereocenters. The lowest BCUT2D eigenvalue weighted by Gasteiger charge is -2.21. The maximum atomic E-state index is 12.5. The lowest BCUT2D eigenvalue weighted by atomic mass is 10.2. The molecule has 0 aliphatic carbocycles. The zero-order chi connectivity index (χ0) is 14.5. The van der Waals surface area contributed by atoms with E-state index in [9.17, 15) is 4.79 Å². The molecular weight excluding hydrogens is 288 g/mol. The number of nitrogens with two attached hydrogens (primary N) is 1. The summed E-state index contributed by atoms with van der Waals surface area (Å²) in [4.78, 5) is 14.2. The number of aryl methyl sites for hydroxylation is 2. The van der Waals surface area contributed by atoms with Crippen LogP contribution in [0.5, 0.6) is 0 Å². The number of hydrogen-bond acceptors (Lipinski definition) is 3. The Kier molecular flexibility index (Phi) is 6.39. The average Bonchev–Trinajstić information content (AvgIpc) is 2.78. The summed E-state index contributed by atoms with van der Waals surface area (Å²) in [7, 11) is 1.83. The van der Waals surface area contributed by atoms with Gasteiger partial charge < -0.3 is 10.6 Å². The van der Waals surface area contributed by atoms with Crippen LogP contribution in [-0.2, 0) is 13.6 Å². The molecule has 0 aliphatic rings. The van der Waals surface area contributed by atoms with Gasteiger partial charge in [-0.3, -0.25) is 9.48 Å². The Labute approximate surface area is 131 Å². The minimum atomic E-state index is -0.0806. The lowest BCUT2D eigenvalue weighted by molar-refractivity contribution is 0.0741. The first-order valence-corrected chi connectivity index (χ1v) is 6.65. The third kappa shape index (κ3) is 4.31. The van der Waals surface area contributed by atoms with E-state index in [0.29, 0.717) is 25.3 Å². The Morgan fingerprint density at radius 3 is 2.52 bits per heavy atom. The smallest absolute Gasteiger partial charge is 0.274 e. The first-order chi connectivity index (χ1) is 9.61. The summed E-state index contributed by atoms with van der Waals surface area (Å²) in [5, 5.41) is 4.24. The zero-order valence-electron chi connectivity index (χ0n) is 12.3. The van der Waals surface area contributed by atoms with Crippen molar-refractivity contribution in [1.82, 2.24) is 14.7 Å². The molecule has 6 heteroatoms. The average molecular weight is 309 g/mol. The van der Waals surface area contributed by atoms with Gasteiger partial charge in [0.2, 0.25) is 0 Å². The van der Waals surface area contributed by atoms with Gasteiger partial charge in [0.25, 0.3) is 5.91 Å². The third-order valence-corrected chi connectivity index (χ3v) is 3.24. The number of halogens is 1. The summed E-state index contributed by atoms with van der Waals surface area (Å²) in [5.41, 5.74) is 8.13. The van der Waals surface area contributed by atoms with E-state index in [-0.39, 0.29) is 18.3 Å². The van der Waals surface area contributed by atoms with E-state index in [0.717, 1.165) is 11.3 Å². The fourth-order valence-electron chi connectivity index (χ4n) is 2.04. The van der Waals surface area contributed by atoms with Gasteiger partial charge in [-0.05, 0) is 18.6 Å². The molecule has 0 bridgehead atoms. The fourth-order valence-corrected chi connectivity index (χ4v) is 2.04. The van der Waals surface area contributed by atoms with E-state index in [1.54, 1.807) is 15.6 Å². The number of aromatic nitrogens is 2. The van der Waals surface area contributed by atoms with Gasteiger partial charge in [-0.1, -0.05) is 30.3 Å². The molecule has 0 spiro atoms. The summed E-state index contributed by atoms with van der Waals surface area (Å²) in [6, 6.07) is 11.7. The number of rotatable bonds is 5. The highest BCUT2D eigenvalue weighted by Crippen LogP contribution is 2.10. The number of hydrogen-bond donors (Lipinski definition) is 1. The molecular formula is C15H21ClN4O. The van der Waals surface area contributed by atoms with Crippen LogP contribution in [0.1, 0.15) is 21.7 Å². The summed E-state index contributed by atoms with van der Waals surface area (Å²) in [5.74, 6) is -0.0806. The summed E-state index contributed by atoms with van der Waals surface area (Å²) < 4.78 is 1.70. The van der Waals surface area contributed by atoms with E-state index in [1.165, 1.54) is 0 Å². The summed E-state index contributed by atoms with van der Waals surface area (Å²) in [6.45, 7) is 3.43. The Hall–Kier alpha value is -1.85. The predicted molar refractivity (Wildman–Crippen MR) is 85.4 cm³/mol. The summed E-state index contributed by atoms with van der Waals surface area (Å²) >= 11 is 0. The molecule has 1 aromatic carbocycles. The first-order valence-electron chi connectivity index (χ1n) is 6.65. The van der Waals surface area contributed by atoms with Gasteiger partial charge >= 0.3 is 0 Å². The molecule has 0 fully saturated rings. The van der Waals surface area contributed by atoms with Gasteiger partial charge in [0.1, 0.15) is 0 Å². The normalized spacial score (nSPS) is 10.0. The highest BCUT2D eigenvalue weighted by Gasteiger charge is 2.18. The van der Waals surface area contributed by atoms with Gasteiger partial charge in [0, 0.05) is 32.4 Å². The molecule has 1 amide bonds. The van der Waals surface area contributed by atoms with E-state index in [2.05, 4.69) is 5.10 Å². The van der Waals surface area contributed by atoms with Crippen LogP contribution in [0, 0.1) is 6.92 Å². The molecule has 0 saturated heterocycles. The molecule has 21 heavy (non-hydrogen) atoms. The molecule has 2 aromatic rings. The van der Waals surface area contributed by atoms with Crippen LogP contribution in [0.4, 0.5) is 0 Å². The molecule has 0 saturated carbocycles. The molecule has 2 N–H and O–H groups in total. The van der Waals surface area contributed by atoms with Crippen LogP contribution in [-0.4, -0.2) is 33.7 Å². The first kappa shape index (κ1) is 17.2. The molecule has 1 aromatic heterocycles. The minimum absolute atomic E-state index is 0. The maximum absolute atomic E-state index is 12.5. The van der Waals surface area contributed by atoms with Crippen molar-refractivity contribution in [2.45, 2.75) is 13.5 Å². The number of amides is 1. The highest BCUT2D eigenvalue weighted by molar-refractivity contribution is 5.92. The van der Waals surface area contributed by atoms with Gasteiger partial charge in [-0.25, -0.2) is 0 Å². The van der Waals surface area contributed by atoms with Crippen molar-refractivity contribution in [3.05, 3.63) is 53.3 Å². The fraction of sp³-hybridized carbons (Fsp3) is 0.333. The van der Waals surface area contributed by atoms with Gasteiger partial charge in [0.05, 0.1) is 0 Å². The molecule has 0 radical (unpaired) electrons. The second-order valence-electron chi connectivity index (χ2n) is 4.80. The van der Waals surface area contributed by atoms with Crippen molar-refractivity contribution in [1.29, 1.82) is 0 Å². The SMILES string of the molecule is Cc1cc(C(=O)N(CCN)Cc2ccccc2)nn1C.Cl. The van der Waals surface area contributed by atoms with E-state index in [4.69, 9.17) is 5.73 Å². The number of nitrogens with zero attached hydrogens (tertiary/aromatic N) is 3. The Balaban J connectivity index is 0.00000220. The van der Waals surface area contributed by atoms with E-state index in [1.807, 2.05) is 44.3 Å². The second kappa shape index (κ2) is 7.81. The predicted octanol–water partition coefficient (Wildman–Crippen LogP) is 1.75. The van der Waals surface area contributed by atoms with Gasteiger partial charge in [-0.2, -0.15) is 5.10 Å². The van der Waals surface area contributed by atoms with Crippen LogP contribution in [0.3, 0.4) is 0 Å². The third-order valence-electron chi connectivity index (χ3n) is 3.24. The molecule has 0 atom stereocenters. The Morgan fingerprint density at radius 1 is 1.33 bits per heavy atom. The van der Waals surface area contributed by atoms with Crippen molar-refractivity contribution >= 4 is 18.3 Å². The highest BCUT2D eigenvalue weighted by atomic mass is 35.5. The van der Waals surface area contributed by atoms with Crippen molar-refractivity contribution < 1.29 is 4.79 Å². The number of benzene rings is 1. The topological polar surface area (TPSA) is 64.2 Å². The van der Waals surface area contributed by atoms with Crippen LogP contribution < -0.4 is 5.73 Å². The van der Waals surface area contributed by atoms with Crippen molar-refractivity contribution in [2.24, 2.45) is 12.8 Å². The van der Waals surface area contributed by atoms with Crippen molar-refractivity contribution in [3.8, 4) is 0 Å². The van der Waals surface area contributed by atoms with E-state index < -0.39 is 0 Å².